The van der Waals surface area contributed by atoms with Gasteiger partial charge >= 0.3 is 0 Å². The topological polar surface area (TPSA) is 72.9 Å². The van der Waals surface area contributed by atoms with Gasteiger partial charge in [0.05, 0.1) is 0 Å². The van der Waals surface area contributed by atoms with Crippen LogP contribution in [0, 0.1) is 0 Å². The Kier molecular flexibility index (Phi) is 5.76. The Morgan fingerprint density at radius 1 is 1.11 bits per heavy atom. The molecule has 2 aromatic rings. The summed E-state index contributed by atoms with van der Waals surface area (Å²) >= 11 is 0. The lowest BCUT2D eigenvalue weighted by molar-refractivity contribution is -0.129. The first-order chi connectivity index (χ1) is 13.0. The van der Waals surface area contributed by atoms with Crippen LogP contribution in [0.2, 0.25) is 0 Å². The molecule has 0 atom stereocenters. The molecule has 3 rings (SSSR count). The second-order valence-electron chi connectivity index (χ2n) is 7.06. The molecule has 1 aliphatic rings. The molecule has 0 saturated carbocycles. The number of aryl methyl sites for hydroxylation is 1. The number of benzene rings is 2. The first kappa shape index (κ1) is 18.9. The molecule has 6 heteroatoms. The van der Waals surface area contributed by atoms with E-state index in [0.29, 0.717) is 25.1 Å². The highest BCUT2D eigenvalue weighted by Crippen LogP contribution is 2.23. The summed E-state index contributed by atoms with van der Waals surface area (Å²) < 4.78 is 0. The zero-order valence-electron chi connectivity index (χ0n) is 15.7. The highest BCUT2D eigenvalue weighted by Gasteiger charge is 2.22. The third kappa shape index (κ3) is 4.46. The van der Waals surface area contributed by atoms with E-state index in [1.165, 1.54) is 5.56 Å². The van der Waals surface area contributed by atoms with Crippen molar-refractivity contribution in [3.8, 4) is 0 Å². The lowest BCUT2D eigenvalue weighted by atomic mass is 9.95. The van der Waals surface area contributed by atoms with Gasteiger partial charge in [-0.15, -0.1) is 0 Å². The summed E-state index contributed by atoms with van der Waals surface area (Å²) in [7, 11) is 3.94. The van der Waals surface area contributed by atoms with Gasteiger partial charge in [0.1, 0.15) is 0 Å². The first-order valence-corrected chi connectivity index (χ1v) is 9.08. The number of hydrogen-bond acceptors (Lipinski definition) is 4. The summed E-state index contributed by atoms with van der Waals surface area (Å²) in [6, 6.07) is 13.8. The van der Waals surface area contributed by atoms with Crippen molar-refractivity contribution in [3.05, 3.63) is 64.7 Å². The number of nitrogens with one attached hydrogen (secondary N) is 1. The zero-order chi connectivity index (χ0) is 19.4. The van der Waals surface area contributed by atoms with E-state index < -0.39 is 5.91 Å². The fourth-order valence-electron chi connectivity index (χ4n) is 3.34. The zero-order valence-corrected chi connectivity index (χ0v) is 15.7. The van der Waals surface area contributed by atoms with Crippen LogP contribution in [0.3, 0.4) is 0 Å². The molecule has 0 unspecified atom stereocenters. The van der Waals surface area contributed by atoms with Crippen LogP contribution >= 0.6 is 0 Å². The Bertz CT molecular complexity index is 831. The predicted molar refractivity (Wildman–Crippen MR) is 104 cm³/mol. The van der Waals surface area contributed by atoms with Crippen LogP contribution < -0.4 is 10.4 Å². The molecule has 0 spiro atoms. The minimum atomic E-state index is -0.398. The van der Waals surface area contributed by atoms with Gasteiger partial charge in [-0.1, -0.05) is 18.2 Å². The van der Waals surface area contributed by atoms with Gasteiger partial charge in [-0.3, -0.25) is 14.8 Å². The van der Waals surface area contributed by atoms with E-state index in [4.69, 9.17) is 5.21 Å². The van der Waals surface area contributed by atoms with Crippen molar-refractivity contribution in [2.75, 3.05) is 25.5 Å². The Morgan fingerprint density at radius 2 is 1.85 bits per heavy atom. The van der Waals surface area contributed by atoms with Gasteiger partial charge in [0, 0.05) is 44.9 Å². The van der Waals surface area contributed by atoms with Crippen molar-refractivity contribution < 1.29 is 14.8 Å². The Morgan fingerprint density at radius 3 is 2.52 bits per heavy atom. The van der Waals surface area contributed by atoms with Crippen LogP contribution in [0.15, 0.2) is 42.5 Å². The minimum Gasteiger partial charge on any atom is -0.378 e. The van der Waals surface area contributed by atoms with E-state index in [0.717, 1.165) is 23.2 Å². The van der Waals surface area contributed by atoms with E-state index in [-0.39, 0.29) is 12.3 Å². The van der Waals surface area contributed by atoms with Gasteiger partial charge in [0.15, 0.2) is 0 Å². The SMILES string of the molecule is CN(C)c1ccc(C(=O)N2CCc3ccc(CCC(=O)NO)cc3C2)cc1. The van der Waals surface area contributed by atoms with Crippen LogP contribution in [0.1, 0.15) is 33.5 Å². The minimum absolute atomic E-state index is 0.0380. The number of fused-ring (bicyclic) bond motifs is 1. The van der Waals surface area contributed by atoms with E-state index in [9.17, 15) is 9.59 Å². The van der Waals surface area contributed by atoms with Crippen molar-refractivity contribution in [2.45, 2.75) is 25.8 Å². The maximum absolute atomic E-state index is 12.9. The van der Waals surface area contributed by atoms with Crippen molar-refractivity contribution in [2.24, 2.45) is 0 Å². The van der Waals surface area contributed by atoms with Crippen molar-refractivity contribution >= 4 is 17.5 Å². The number of hydrogen-bond donors (Lipinski definition) is 2. The molecule has 2 amide bonds. The van der Waals surface area contributed by atoms with Crippen LogP contribution in [-0.4, -0.2) is 42.6 Å². The molecule has 0 aromatic heterocycles. The third-order valence-corrected chi connectivity index (χ3v) is 4.97. The summed E-state index contributed by atoms with van der Waals surface area (Å²) in [6.07, 6.45) is 1.62. The van der Waals surface area contributed by atoms with Crippen molar-refractivity contribution in [3.63, 3.8) is 0 Å². The van der Waals surface area contributed by atoms with Gasteiger partial charge in [-0.05, 0) is 53.8 Å². The molecular formula is C21H25N3O3. The van der Waals surface area contributed by atoms with E-state index in [1.807, 2.05) is 54.2 Å². The summed E-state index contributed by atoms with van der Waals surface area (Å²) in [5.41, 5.74) is 6.81. The van der Waals surface area contributed by atoms with Crippen LogP contribution in [0.4, 0.5) is 5.69 Å². The van der Waals surface area contributed by atoms with Crippen molar-refractivity contribution in [1.82, 2.24) is 10.4 Å². The quantitative estimate of drug-likeness (QED) is 0.629. The second-order valence-corrected chi connectivity index (χ2v) is 7.06. The maximum atomic E-state index is 12.9. The number of carbonyl (C=O) groups is 2. The number of hydroxylamine groups is 1. The summed E-state index contributed by atoms with van der Waals surface area (Å²) in [4.78, 5) is 28.0. The monoisotopic (exact) mass is 367 g/mol. The normalized spacial score (nSPS) is 13.1. The molecule has 1 aliphatic heterocycles. The third-order valence-electron chi connectivity index (χ3n) is 4.97. The predicted octanol–water partition coefficient (Wildman–Crippen LogP) is 2.39. The molecule has 2 N–H and O–H groups in total. The standard InChI is InChI=1S/C21H25N3O3/c1-23(2)19-8-6-17(7-9-19)21(26)24-12-11-16-5-3-15(13-18(16)14-24)4-10-20(25)22-27/h3,5-9,13,27H,4,10-12,14H2,1-2H3,(H,22,25). The number of amides is 2. The molecular weight excluding hydrogens is 342 g/mol. The highest BCUT2D eigenvalue weighted by atomic mass is 16.5. The number of carbonyl (C=O) groups excluding carboxylic acids is 2. The van der Waals surface area contributed by atoms with Gasteiger partial charge in [0.2, 0.25) is 5.91 Å². The van der Waals surface area contributed by atoms with Crippen LogP contribution in [0.5, 0.6) is 0 Å². The van der Waals surface area contributed by atoms with E-state index >= 15 is 0 Å². The smallest absolute Gasteiger partial charge is 0.254 e. The molecule has 0 aliphatic carbocycles. The molecule has 6 nitrogen and oxygen atoms in total. The summed E-state index contributed by atoms with van der Waals surface area (Å²) in [5, 5.41) is 8.61. The molecule has 142 valence electrons. The van der Waals surface area contributed by atoms with Gasteiger partial charge in [0.25, 0.3) is 5.91 Å². The number of rotatable bonds is 5. The molecule has 0 fully saturated rings. The molecule has 0 radical (unpaired) electrons. The lowest BCUT2D eigenvalue weighted by Gasteiger charge is -2.29. The average molecular weight is 367 g/mol. The van der Waals surface area contributed by atoms with Crippen LogP contribution in [-0.2, 0) is 24.2 Å². The average Bonchev–Trinajstić information content (AvgIpc) is 2.70. The number of anilines is 1. The molecule has 27 heavy (non-hydrogen) atoms. The summed E-state index contributed by atoms with van der Waals surface area (Å²) in [6.45, 7) is 1.27. The fourth-order valence-corrected chi connectivity index (χ4v) is 3.34. The largest absolute Gasteiger partial charge is 0.378 e. The van der Waals surface area contributed by atoms with Gasteiger partial charge < -0.3 is 9.80 Å². The van der Waals surface area contributed by atoms with E-state index in [1.54, 1.807) is 5.48 Å². The highest BCUT2D eigenvalue weighted by molar-refractivity contribution is 5.94. The lowest BCUT2D eigenvalue weighted by Crippen LogP contribution is -2.36. The second kappa shape index (κ2) is 8.22. The Balaban J connectivity index is 1.70. The van der Waals surface area contributed by atoms with Gasteiger partial charge in [-0.25, -0.2) is 5.48 Å². The summed E-state index contributed by atoms with van der Waals surface area (Å²) in [5.74, 6) is -0.360. The molecule has 1 heterocycles. The number of nitrogens with zero attached hydrogens (tertiary/aromatic N) is 2. The van der Waals surface area contributed by atoms with Gasteiger partial charge in [-0.2, -0.15) is 0 Å². The van der Waals surface area contributed by atoms with E-state index in [2.05, 4.69) is 12.1 Å². The maximum Gasteiger partial charge on any atom is 0.254 e. The van der Waals surface area contributed by atoms with Crippen molar-refractivity contribution in [1.29, 1.82) is 0 Å². The van der Waals surface area contributed by atoms with Crippen LogP contribution in [0.25, 0.3) is 0 Å². The molecule has 0 saturated heterocycles. The first-order valence-electron chi connectivity index (χ1n) is 9.08. The fraction of sp³-hybridized carbons (Fsp3) is 0.333. The Hall–Kier alpha value is -2.86. The molecule has 0 bridgehead atoms. The molecule has 2 aromatic carbocycles. The Labute approximate surface area is 159 Å².